The molecule has 9 heteroatoms. The van der Waals surface area contributed by atoms with Crippen molar-refractivity contribution >= 4 is 27.1 Å². The van der Waals surface area contributed by atoms with Gasteiger partial charge in [-0.1, -0.05) is 43.1 Å². The molecule has 0 radical (unpaired) electrons. The molecule has 1 aliphatic rings. The molecular weight excluding hydrogens is 486 g/mol. The molecule has 0 atom stereocenters. The lowest BCUT2D eigenvalue weighted by atomic mass is 10.1. The van der Waals surface area contributed by atoms with E-state index in [-0.39, 0.29) is 27.4 Å². The van der Waals surface area contributed by atoms with E-state index >= 15 is 0 Å². The van der Waals surface area contributed by atoms with Crippen molar-refractivity contribution in [2.75, 3.05) is 23.7 Å². The maximum atomic E-state index is 13.3. The van der Waals surface area contributed by atoms with Crippen molar-refractivity contribution in [1.29, 1.82) is 5.26 Å². The van der Waals surface area contributed by atoms with Crippen LogP contribution in [0.1, 0.15) is 36.5 Å². The van der Waals surface area contributed by atoms with Crippen LogP contribution in [0.4, 0.5) is 5.69 Å². The van der Waals surface area contributed by atoms with Crippen molar-refractivity contribution in [3.05, 3.63) is 64.2 Å². The summed E-state index contributed by atoms with van der Waals surface area (Å²) in [6, 6.07) is 14.3. The number of aryl methyl sites for hydroxylation is 2. The Morgan fingerprint density at radius 3 is 2.40 bits per heavy atom. The molecule has 0 saturated carbocycles. The molecule has 0 saturated heterocycles. The number of nitriles is 1. The van der Waals surface area contributed by atoms with Crippen LogP contribution in [-0.4, -0.2) is 32.2 Å². The Hall–Kier alpha value is -3.28. The van der Waals surface area contributed by atoms with Crippen LogP contribution in [0.25, 0.3) is 0 Å². The van der Waals surface area contributed by atoms with Gasteiger partial charge in [-0.25, -0.2) is 8.42 Å². The largest absolute Gasteiger partial charge is 0.437 e. The number of nitrogens with zero attached hydrogens (tertiary/aromatic N) is 3. The van der Waals surface area contributed by atoms with E-state index in [0.717, 1.165) is 24.0 Å². The monoisotopic (exact) mass is 511 g/mol. The number of halogens is 1. The van der Waals surface area contributed by atoms with Crippen molar-refractivity contribution in [2.24, 2.45) is 0 Å². The molecule has 3 aromatic rings. The van der Waals surface area contributed by atoms with E-state index in [0.29, 0.717) is 35.8 Å². The molecule has 0 N–H and O–H groups in total. The highest BCUT2D eigenvalue weighted by Crippen LogP contribution is 2.48. The number of hydrogen-bond acceptors (Lipinski definition) is 7. The van der Waals surface area contributed by atoms with Gasteiger partial charge in [0.15, 0.2) is 9.84 Å². The van der Waals surface area contributed by atoms with Crippen molar-refractivity contribution in [3.63, 3.8) is 0 Å². The summed E-state index contributed by atoms with van der Waals surface area (Å²) in [4.78, 5) is 6.51. The molecule has 0 unspecified atom stereocenters. The van der Waals surface area contributed by atoms with E-state index in [1.165, 1.54) is 0 Å². The Morgan fingerprint density at radius 1 is 1.09 bits per heavy atom. The minimum atomic E-state index is -3.71. The van der Waals surface area contributed by atoms with Gasteiger partial charge in [-0.2, -0.15) is 10.2 Å². The molecule has 4 rings (SSSR count). The van der Waals surface area contributed by atoms with E-state index in [9.17, 15) is 8.42 Å². The minimum absolute atomic E-state index is 0.0265. The second-order valence-corrected chi connectivity index (χ2v) is 10.9. The standard InChI is InChI=1S/C26H26ClN3O4S/c1-4-5-13-30-14-15-35(31,32)24-21(27)25(34-23-17(2)7-6-8-18(23)3)29-26(22(24)30)33-20-11-9-19(16-28)10-12-20/h6-12H,4-5,13-15H2,1-3H3. The molecule has 0 aliphatic carbocycles. The van der Waals surface area contributed by atoms with Crippen LogP contribution in [0.15, 0.2) is 47.4 Å². The van der Waals surface area contributed by atoms with Gasteiger partial charge in [-0.3, -0.25) is 0 Å². The zero-order chi connectivity index (χ0) is 25.2. The summed E-state index contributed by atoms with van der Waals surface area (Å²) in [5.41, 5.74) is 2.55. The number of anilines is 1. The average molecular weight is 512 g/mol. The summed E-state index contributed by atoms with van der Waals surface area (Å²) in [6.45, 7) is 6.81. The van der Waals surface area contributed by atoms with Gasteiger partial charge in [0.05, 0.1) is 17.4 Å². The molecule has 7 nitrogen and oxygen atoms in total. The van der Waals surface area contributed by atoms with E-state index in [2.05, 4.69) is 18.0 Å². The minimum Gasteiger partial charge on any atom is -0.437 e. The lowest BCUT2D eigenvalue weighted by molar-refractivity contribution is 0.418. The van der Waals surface area contributed by atoms with Crippen LogP contribution < -0.4 is 14.4 Å². The smallest absolute Gasteiger partial charge is 0.247 e. The van der Waals surface area contributed by atoms with E-state index < -0.39 is 9.84 Å². The molecule has 0 fully saturated rings. The van der Waals surface area contributed by atoms with Gasteiger partial charge in [0, 0.05) is 13.1 Å². The summed E-state index contributed by atoms with van der Waals surface area (Å²) in [5, 5.41) is 9.04. The highest BCUT2D eigenvalue weighted by atomic mass is 35.5. The maximum Gasteiger partial charge on any atom is 0.247 e. The molecule has 35 heavy (non-hydrogen) atoms. The average Bonchev–Trinajstić information content (AvgIpc) is 2.83. The van der Waals surface area contributed by atoms with Crippen molar-refractivity contribution in [3.8, 4) is 29.3 Å². The van der Waals surface area contributed by atoms with E-state index in [4.69, 9.17) is 26.3 Å². The first-order chi connectivity index (χ1) is 16.7. The number of rotatable bonds is 7. The zero-order valence-corrected chi connectivity index (χ0v) is 21.4. The molecule has 0 amide bonds. The number of benzene rings is 2. The summed E-state index contributed by atoms with van der Waals surface area (Å²) in [6.07, 6.45) is 1.81. The summed E-state index contributed by atoms with van der Waals surface area (Å²) < 4.78 is 38.7. The number of unbranched alkanes of at least 4 members (excludes halogenated alkanes) is 1. The van der Waals surface area contributed by atoms with Gasteiger partial charge in [0.25, 0.3) is 0 Å². The third kappa shape index (κ3) is 5.07. The number of hydrogen-bond donors (Lipinski definition) is 0. The zero-order valence-electron chi connectivity index (χ0n) is 19.8. The summed E-state index contributed by atoms with van der Waals surface area (Å²) in [7, 11) is -3.71. The molecule has 2 heterocycles. The van der Waals surface area contributed by atoms with Gasteiger partial charge < -0.3 is 14.4 Å². The fourth-order valence-electron chi connectivity index (χ4n) is 3.98. The first-order valence-electron chi connectivity index (χ1n) is 11.4. The lowest BCUT2D eigenvalue weighted by Crippen LogP contribution is -2.36. The Kier molecular flexibility index (Phi) is 7.20. The van der Waals surface area contributed by atoms with Gasteiger partial charge in [-0.15, -0.1) is 0 Å². The molecule has 1 aromatic heterocycles. The number of sulfone groups is 1. The predicted octanol–water partition coefficient (Wildman–Crippen LogP) is 6.20. The van der Waals surface area contributed by atoms with Crippen LogP contribution in [0.2, 0.25) is 5.02 Å². The van der Waals surface area contributed by atoms with Gasteiger partial charge in [-0.05, 0) is 55.7 Å². The number of fused-ring (bicyclic) bond motifs is 1. The van der Waals surface area contributed by atoms with Crippen LogP contribution in [0, 0.1) is 25.2 Å². The summed E-state index contributed by atoms with van der Waals surface area (Å²) >= 11 is 6.69. The van der Waals surface area contributed by atoms with Crippen molar-refractivity contribution < 1.29 is 17.9 Å². The normalized spacial score (nSPS) is 14.2. The maximum absolute atomic E-state index is 13.3. The predicted molar refractivity (Wildman–Crippen MR) is 136 cm³/mol. The quantitative estimate of drug-likeness (QED) is 0.372. The molecule has 0 bridgehead atoms. The van der Waals surface area contributed by atoms with E-state index in [1.54, 1.807) is 24.3 Å². The lowest BCUT2D eigenvalue weighted by Gasteiger charge is -2.32. The first-order valence-corrected chi connectivity index (χ1v) is 13.4. The third-order valence-electron chi connectivity index (χ3n) is 5.85. The molecule has 1 aliphatic heterocycles. The van der Waals surface area contributed by atoms with E-state index in [1.807, 2.05) is 36.9 Å². The summed E-state index contributed by atoms with van der Waals surface area (Å²) in [5.74, 6) is 0.967. The number of ether oxygens (including phenoxy) is 2. The van der Waals surface area contributed by atoms with Gasteiger partial charge >= 0.3 is 0 Å². The second kappa shape index (κ2) is 10.1. The SMILES string of the molecule is CCCCN1CCS(=O)(=O)c2c(Cl)c(Oc3c(C)cccc3C)nc(Oc3ccc(C#N)cc3)c21. The molecule has 2 aromatic carbocycles. The number of aromatic nitrogens is 1. The highest BCUT2D eigenvalue weighted by Gasteiger charge is 2.37. The second-order valence-electron chi connectivity index (χ2n) is 8.43. The number of pyridine rings is 1. The molecular formula is C26H26ClN3O4S. The van der Waals surface area contributed by atoms with Crippen LogP contribution in [-0.2, 0) is 9.84 Å². The fraction of sp³-hybridized carbons (Fsp3) is 0.308. The Morgan fingerprint density at radius 2 is 1.77 bits per heavy atom. The van der Waals surface area contributed by atoms with Crippen LogP contribution in [0.3, 0.4) is 0 Å². The van der Waals surface area contributed by atoms with Gasteiger partial charge in [0.2, 0.25) is 11.8 Å². The first kappa shape index (κ1) is 24.8. The molecule has 182 valence electrons. The van der Waals surface area contributed by atoms with Gasteiger partial charge in [0.1, 0.15) is 27.1 Å². The molecule has 0 spiro atoms. The van der Waals surface area contributed by atoms with Crippen LogP contribution in [0.5, 0.6) is 23.3 Å². The van der Waals surface area contributed by atoms with Crippen molar-refractivity contribution in [1.82, 2.24) is 4.98 Å². The Labute approximate surface area is 210 Å². The Balaban J connectivity index is 1.90. The van der Waals surface area contributed by atoms with Crippen molar-refractivity contribution in [2.45, 2.75) is 38.5 Å². The third-order valence-corrected chi connectivity index (χ3v) is 8.05. The highest BCUT2D eigenvalue weighted by molar-refractivity contribution is 7.91. The van der Waals surface area contributed by atoms with Crippen LogP contribution >= 0.6 is 11.6 Å². The fourth-order valence-corrected chi connectivity index (χ4v) is 6.04. The number of para-hydroxylation sites is 1. The Bertz CT molecular complexity index is 1380. The topological polar surface area (TPSA) is 92.5 Å².